The van der Waals surface area contributed by atoms with Gasteiger partial charge in [-0.05, 0) is 24.1 Å². The molecule has 0 saturated carbocycles. The van der Waals surface area contributed by atoms with E-state index in [0.29, 0.717) is 11.8 Å². The molecule has 96 valence electrons. The van der Waals surface area contributed by atoms with E-state index in [0.717, 1.165) is 38.3 Å². The van der Waals surface area contributed by atoms with Gasteiger partial charge in [0, 0.05) is 37.9 Å². The third-order valence-electron chi connectivity index (χ3n) is 4.11. The van der Waals surface area contributed by atoms with Crippen molar-refractivity contribution in [3.8, 4) is 0 Å². The van der Waals surface area contributed by atoms with Crippen LogP contribution in [0.1, 0.15) is 18.2 Å². The van der Waals surface area contributed by atoms with E-state index in [9.17, 15) is 4.79 Å². The molecule has 0 spiro atoms. The Morgan fingerprint density at radius 3 is 3.17 bits per heavy atom. The van der Waals surface area contributed by atoms with Gasteiger partial charge >= 0.3 is 0 Å². The molecule has 2 aliphatic rings. The molecule has 1 aromatic rings. The minimum absolute atomic E-state index is 0.156. The molecule has 3 rings (SSSR count). The van der Waals surface area contributed by atoms with Gasteiger partial charge in [0.15, 0.2) is 0 Å². The minimum atomic E-state index is 0.156. The van der Waals surface area contributed by atoms with Gasteiger partial charge in [-0.3, -0.25) is 9.78 Å². The number of nitrogens with zero attached hydrogens (tertiary/aromatic N) is 2. The van der Waals surface area contributed by atoms with Crippen LogP contribution in [0.2, 0.25) is 0 Å². The standard InChI is InChI=1S/C14H19N3O/c1-10-7-15-8-12(10)14(18)17-6-4-13-11(9-17)3-2-5-16-13/h2-3,5,10,12,15H,4,6-9H2,1H3/t10-,12-/m1/s1. The average Bonchev–Trinajstić information content (AvgIpc) is 2.83. The molecule has 1 fully saturated rings. The van der Waals surface area contributed by atoms with Crippen molar-refractivity contribution in [3.63, 3.8) is 0 Å². The summed E-state index contributed by atoms with van der Waals surface area (Å²) in [6, 6.07) is 4.03. The Labute approximate surface area is 107 Å². The maximum Gasteiger partial charge on any atom is 0.227 e. The molecule has 4 heteroatoms. The van der Waals surface area contributed by atoms with E-state index in [4.69, 9.17) is 0 Å². The van der Waals surface area contributed by atoms with Crippen molar-refractivity contribution in [2.24, 2.45) is 11.8 Å². The van der Waals surface area contributed by atoms with E-state index in [1.165, 1.54) is 5.56 Å². The van der Waals surface area contributed by atoms with Crippen molar-refractivity contribution >= 4 is 5.91 Å². The van der Waals surface area contributed by atoms with E-state index in [-0.39, 0.29) is 5.92 Å². The third-order valence-corrected chi connectivity index (χ3v) is 4.11. The Balaban J connectivity index is 1.74. The minimum Gasteiger partial charge on any atom is -0.338 e. The summed E-state index contributed by atoms with van der Waals surface area (Å²) >= 11 is 0. The third kappa shape index (κ3) is 2.01. The largest absolute Gasteiger partial charge is 0.338 e. The quantitative estimate of drug-likeness (QED) is 0.797. The summed E-state index contributed by atoms with van der Waals surface area (Å²) in [6.45, 7) is 5.48. The van der Waals surface area contributed by atoms with E-state index in [2.05, 4.69) is 23.3 Å². The number of nitrogens with one attached hydrogen (secondary N) is 1. The Bertz CT molecular complexity index is 460. The predicted octanol–water partition coefficient (Wildman–Crippen LogP) is 0.822. The van der Waals surface area contributed by atoms with E-state index >= 15 is 0 Å². The van der Waals surface area contributed by atoms with Crippen molar-refractivity contribution in [2.45, 2.75) is 19.9 Å². The van der Waals surface area contributed by atoms with E-state index < -0.39 is 0 Å². The molecule has 0 bridgehead atoms. The number of hydrogen-bond acceptors (Lipinski definition) is 3. The van der Waals surface area contributed by atoms with Crippen molar-refractivity contribution in [2.75, 3.05) is 19.6 Å². The number of aromatic nitrogens is 1. The lowest BCUT2D eigenvalue weighted by molar-refractivity contribution is -0.136. The van der Waals surface area contributed by atoms with Crippen LogP contribution >= 0.6 is 0 Å². The highest BCUT2D eigenvalue weighted by Crippen LogP contribution is 2.23. The lowest BCUT2D eigenvalue weighted by atomic mass is 9.95. The summed E-state index contributed by atoms with van der Waals surface area (Å²) < 4.78 is 0. The van der Waals surface area contributed by atoms with Gasteiger partial charge in [0.1, 0.15) is 0 Å². The number of hydrogen-bond donors (Lipinski definition) is 1. The molecule has 3 heterocycles. The van der Waals surface area contributed by atoms with Crippen molar-refractivity contribution in [3.05, 3.63) is 29.6 Å². The molecule has 0 radical (unpaired) electrons. The summed E-state index contributed by atoms with van der Waals surface area (Å²) in [6.07, 6.45) is 2.72. The number of fused-ring (bicyclic) bond motifs is 1. The topological polar surface area (TPSA) is 45.2 Å². The summed E-state index contributed by atoms with van der Waals surface area (Å²) in [7, 11) is 0. The highest BCUT2D eigenvalue weighted by Gasteiger charge is 2.33. The Morgan fingerprint density at radius 1 is 1.50 bits per heavy atom. The van der Waals surface area contributed by atoms with Gasteiger partial charge < -0.3 is 10.2 Å². The molecule has 18 heavy (non-hydrogen) atoms. The molecule has 2 aliphatic heterocycles. The van der Waals surface area contributed by atoms with Crippen molar-refractivity contribution in [1.29, 1.82) is 0 Å². The molecule has 1 saturated heterocycles. The fourth-order valence-corrected chi connectivity index (χ4v) is 2.93. The fraction of sp³-hybridized carbons (Fsp3) is 0.571. The zero-order valence-corrected chi connectivity index (χ0v) is 10.7. The molecule has 0 aliphatic carbocycles. The van der Waals surface area contributed by atoms with Gasteiger partial charge in [-0.25, -0.2) is 0 Å². The number of amides is 1. The predicted molar refractivity (Wildman–Crippen MR) is 68.9 cm³/mol. The molecular formula is C14H19N3O. The number of pyridine rings is 1. The van der Waals surface area contributed by atoms with Gasteiger partial charge in [-0.15, -0.1) is 0 Å². The van der Waals surface area contributed by atoms with Gasteiger partial charge in [-0.1, -0.05) is 13.0 Å². The number of carbonyl (C=O) groups excluding carboxylic acids is 1. The molecule has 4 nitrogen and oxygen atoms in total. The highest BCUT2D eigenvalue weighted by atomic mass is 16.2. The second kappa shape index (κ2) is 4.69. The number of rotatable bonds is 1. The van der Waals surface area contributed by atoms with Gasteiger partial charge in [0.05, 0.1) is 5.92 Å². The Kier molecular flexibility index (Phi) is 3.04. The molecule has 2 atom stereocenters. The van der Waals surface area contributed by atoms with E-state index in [1.807, 2.05) is 17.2 Å². The second-order valence-corrected chi connectivity index (χ2v) is 5.36. The highest BCUT2D eigenvalue weighted by molar-refractivity contribution is 5.80. The SMILES string of the molecule is C[C@@H]1CNC[C@H]1C(=O)N1CCc2ncccc2C1. The first-order valence-electron chi connectivity index (χ1n) is 6.68. The van der Waals surface area contributed by atoms with Crippen LogP contribution in [0, 0.1) is 11.8 Å². The first-order chi connectivity index (χ1) is 8.75. The number of carbonyl (C=O) groups is 1. The van der Waals surface area contributed by atoms with Gasteiger partial charge in [-0.2, -0.15) is 0 Å². The van der Waals surface area contributed by atoms with Crippen LogP contribution < -0.4 is 5.32 Å². The van der Waals surface area contributed by atoms with Crippen molar-refractivity contribution in [1.82, 2.24) is 15.2 Å². The Hall–Kier alpha value is -1.42. The molecule has 1 aromatic heterocycles. The monoisotopic (exact) mass is 245 g/mol. The average molecular weight is 245 g/mol. The lowest BCUT2D eigenvalue weighted by Crippen LogP contribution is -2.42. The van der Waals surface area contributed by atoms with Crippen LogP contribution in [0.4, 0.5) is 0 Å². The zero-order valence-electron chi connectivity index (χ0n) is 10.7. The summed E-state index contributed by atoms with van der Waals surface area (Å²) in [5, 5.41) is 3.30. The van der Waals surface area contributed by atoms with E-state index in [1.54, 1.807) is 0 Å². The normalized spacial score (nSPS) is 27.1. The van der Waals surface area contributed by atoms with Crippen LogP contribution in [-0.4, -0.2) is 35.4 Å². The van der Waals surface area contributed by atoms with Crippen LogP contribution in [0.5, 0.6) is 0 Å². The smallest absolute Gasteiger partial charge is 0.227 e. The molecule has 0 unspecified atom stereocenters. The molecular weight excluding hydrogens is 226 g/mol. The van der Waals surface area contributed by atoms with Crippen LogP contribution in [-0.2, 0) is 17.8 Å². The molecule has 1 amide bonds. The van der Waals surface area contributed by atoms with Gasteiger partial charge in [0.2, 0.25) is 5.91 Å². The van der Waals surface area contributed by atoms with Crippen LogP contribution in [0.3, 0.4) is 0 Å². The molecule has 0 aromatic carbocycles. The summed E-state index contributed by atoms with van der Waals surface area (Å²) in [5.74, 6) is 0.915. The maximum absolute atomic E-state index is 12.5. The summed E-state index contributed by atoms with van der Waals surface area (Å²) in [5.41, 5.74) is 2.36. The van der Waals surface area contributed by atoms with Crippen molar-refractivity contribution < 1.29 is 4.79 Å². The van der Waals surface area contributed by atoms with Crippen LogP contribution in [0.25, 0.3) is 0 Å². The maximum atomic E-state index is 12.5. The van der Waals surface area contributed by atoms with Crippen LogP contribution in [0.15, 0.2) is 18.3 Å². The summed E-state index contributed by atoms with van der Waals surface area (Å²) in [4.78, 5) is 18.9. The molecule has 1 N–H and O–H groups in total. The zero-order chi connectivity index (χ0) is 12.5. The fourth-order valence-electron chi connectivity index (χ4n) is 2.93. The Morgan fingerprint density at radius 2 is 2.39 bits per heavy atom. The van der Waals surface area contributed by atoms with Gasteiger partial charge in [0.25, 0.3) is 0 Å². The lowest BCUT2D eigenvalue weighted by Gasteiger charge is -2.31. The second-order valence-electron chi connectivity index (χ2n) is 5.36. The first kappa shape index (κ1) is 11.7. The first-order valence-corrected chi connectivity index (χ1v) is 6.68.